The first-order valence-corrected chi connectivity index (χ1v) is 3.06. The van der Waals surface area contributed by atoms with Gasteiger partial charge in [-0.2, -0.15) is 6.08 Å². The monoisotopic (exact) mass is 356 g/mol. The first-order chi connectivity index (χ1) is 5.50. The molecular formula is C13H34Cl2O3Ti-6. The topological polar surface area (TPSA) is 60.7 Å². The normalized spacial score (nSPS) is 5.58. The van der Waals surface area contributed by atoms with Gasteiger partial charge in [0, 0.05) is 43.0 Å². The minimum atomic E-state index is 0. The predicted molar refractivity (Wildman–Crippen MR) is 92.6 cm³/mol. The fraction of sp³-hybridized carbons (Fsp3) is 0.308. The first kappa shape index (κ1) is 91.3. The Labute approximate surface area is 150 Å². The molecule has 128 valence electrons. The van der Waals surface area contributed by atoms with Crippen LogP contribution in [0.5, 0.6) is 0 Å². The van der Waals surface area contributed by atoms with Crippen molar-refractivity contribution in [1.82, 2.24) is 0 Å². The molecule has 0 aromatic heterocycles. The molecule has 0 amide bonds. The number of rotatable bonds is 0. The molecule has 19 heavy (non-hydrogen) atoms. The van der Waals surface area contributed by atoms with Gasteiger partial charge < -0.3 is 52.5 Å². The Bertz CT molecular complexity index is 84.0. The molecule has 0 saturated carbocycles. The second-order valence-corrected chi connectivity index (χ2v) is 1.00. The van der Waals surface area contributed by atoms with E-state index in [1.807, 2.05) is 12.2 Å². The molecule has 1 aliphatic carbocycles. The Hall–Kier alpha value is 0.654. The molecule has 3 N–H and O–H groups in total. The van der Waals surface area contributed by atoms with Crippen molar-refractivity contribution in [2.45, 2.75) is 6.42 Å². The van der Waals surface area contributed by atoms with Crippen molar-refractivity contribution in [3.8, 4) is 0 Å². The van der Waals surface area contributed by atoms with Crippen molar-refractivity contribution < 1.29 is 37.0 Å². The summed E-state index contributed by atoms with van der Waals surface area (Å²) in [6.07, 6.45) is 10.0. The molecule has 0 aromatic carbocycles. The zero-order valence-electron chi connectivity index (χ0n) is 13.6. The smallest absolute Gasteiger partial charge is 0.0319 e. The van der Waals surface area contributed by atoms with E-state index in [0.717, 1.165) is 27.8 Å². The maximum Gasteiger partial charge on any atom is 0.0319 e. The molecule has 6 heteroatoms. The van der Waals surface area contributed by atoms with Crippen LogP contribution in [0.3, 0.4) is 0 Å². The zero-order chi connectivity index (χ0) is 9.54. The van der Waals surface area contributed by atoms with Gasteiger partial charge in [-0.1, -0.05) is 0 Å². The maximum absolute atomic E-state index is 7.00. The van der Waals surface area contributed by atoms with E-state index in [4.69, 9.17) is 15.3 Å². The van der Waals surface area contributed by atoms with Crippen LogP contribution in [0.2, 0.25) is 0 Å². The van der Waals surface area contributed by atoms with E-state index < -0.39 is 0 Å². The predicted octanol–water partition coefficient (Wildman–Crippen LogP) is 3.22. The Morgan fingerprint density at radius 3 is 1.05 bits per heavy atom. The van der Waals surface area contributed by atoms with E-state index in [1.165, 1.54) is 0 Å². The van der Waals surface area contributed by atoms with Gasteiger partial charge in [-0.05, 0) is 0 Å². The van der Waals surface area contributed by atoms with Gasteiger partial charge in [-0.15, -0.1) is 31.2 Å². The van der Waals surface area contributed by atoms with Crippen molar-refractivity contribution in [1.29, 1.82) is 0 Å². The summed E-state index contributed by atoms with van der Waals surface area (Å²) in [7, 11) is 3.00. The number of halogens is 2. The molecule has 0 bridgehead atoms. The molecule has 1 rings (SSSR count). The maximum atomic E-state index is 7.00. The third-order valence-electron chi connectivity index (χ3n) is 0.586. The molecule has 0 aliphatic heterocycles. The van der Waals surface area contributed by atoms with Crippen LogP contribution < -0.4 is 0 Å². The summed E-state index contributed by atoms with van der Waals surface area (Å²) < 4.78 is 0. The Kier molecular flexibility index (Phi) is 874. The van der Waals surface area contributed by atoms with Crippen LogP contribution in [0.4, 0.5) is 0 Å². The minimum Gasteiger partial charge on any atom is -0.400 e. The number of hydrogen-bond acceptors (Lipinski definition) is 3. The molecule has 0 aromatic rings. The SMILES string of the molecule is CO.CO.CO.Cl.Cl.[C-]1=CC=CC1.[CH3-].[CH3-].[CH3-].[CH3-].[CH3-].[Ti]. The Morgan fingerprint density at radius 2 is 1.00 bits per heavy atom. The minimum absolute atomic E-state index is 0. The molecule has 0 saturated heterocycles. The van der Waals surface area contributed by atoms with Gasteiger partial charge in [-0.25, -0.2) is 12.2 Å². The molecular weight excluding hydrogens is 323 g/mol. The molecule has 1 aliphatic rings. The molecule has 3 nitrogen and oxygen atoms in total. The number of aliphatic hydroxyl groups excluding tert-OH is 3. The van der Waals surface area contributed by atoms with Gasteiger partial charge in [-0.3, -0.25) is 6.08 Å². The summed E-state index contributed by atoms with van der Waals surface area (Å²) in [5.74, 6) is 0. The van der Waals surface area contributed by atoms with E-state index in [2.05, 4.69) is 12.2 Å². The molecule has 0 fully saturated rings. The number of allylic oxidation sites excluding steroid dienone is 4. The van der Waals surface area contributed by atoms with Crippen LogP contribution in [-0.2, 0) is 21.7 Å². The van der Waals surface area contributed by atoms with Crippen molar-refractivity contribution in [2.75, 3.05) is 21.3 Å². The summed E-state index contributed by atoms with van der Waals surface area (Å²) in [4.78, 5) is 0. The van der Waals surface area contributed by atoms with Crippen LogP contribution in [0, 0.1) is 43.2 Å². The van der Waals surface area contributed by atoms with Crippen LogP contribution in [0.25, 0.3) is 0 Å². The number of aliphatic hydroxyl groups is 3. The van der Waals surface area contributed by atoms with Gasteiger partial charge >= 0.3 is 0 Å². The molecule has 0 spiro atoms. The number of hydrogen-bond donors (Lipinski definition) is 3. The van der Waals surface area contributed by atoms with Crippen molar-refractivity contribution in [3.63, 3.8) is 0 Å². The first-order valence-electron chi connectivity index (χ1n) is 3.06. The van der Waals surface area contributed by atoms with E-state index >= 15 is 0 Å². The van der Waals surface area contributed by atoms with Gasteiger partial charge in [0.2, 0.25) is 0 Å². The summed E-state index contributed by atoms with van der Waals surface area (Å²) in [5.41, 5.74) is 0. The van der Waals surface area contributed by atoms with Gasteiger partial charge in [0.15, 0.2) is 0 Å². The van der Waals surface area contributed by atoms with Gasteiger partial charge in [0.05, 0.1) is 0 Å². The third kappa shape index (κ3) is 162. The van der Waals surface area contributed by atoms with Crippen LogP contribution in [-0.4, -0.2) is 36.6 Å². The van der Waals surface area contributed by atoms with Crippen LogP contribution in [0.1, 0.15) is 6.42 Å². The van der Waals surface area contributed by atoms with E-state index in [-0.39, 0.29) is 83.7 Å². The van der Waals surface area contributed by atoms with Crippen LogP contribution >= 0.6 is 24.8 Å². The average molecular weight is 357 g/mol. The standard InChI is InChI=1S/C5H5.3CH4O.5CH3.2ClH.Ti/c1-2-4-5-3-1;3*1-2;;;;;;;;/h1-3H,4H2;3*2H,1H3;5*1H3;2*1H;/q-1;;;;5*-1;;;. The Morgan fingerprint density at radius 1 is 0.737 bits per heavy atom. The summed E-state index contributed by atoms with van der Waals surface area (Å²) >= 11 is 0. The van der Waals surface area contributed by atoms with Crippen molar-refractivity contribution >= 4 is 24.8 Å². The van der Waals surface area contributed by atoms with Gasteiger partial charge in [0.1, 0.15) is 0 Å². The molecule has 0 atom stereocenters. The quantitative estimate of drug-likeness (QED) is 0.461. The largest absolute Gasteiger partial charge is 0.400 e. The summed E-state index contributed by atoms with van der Waals surface area (Å²) in [5, 5.41) is 21.0. The van der Waals surface area contributed by atoms with E-state index in [9.17, 15) is 0 Å². The zero-order valence-corrected chi connectivity index (χ0v) is 16.8. The fourth-order valence-electron chi connectivity index (χ4n) is 0.340. The molecule has 0 heterocycles. The second-order valence-electron chi connectivity index (χ2n) is 1.00. The van der Waals surface area contributed by atoms with Crippen LogP contribution in [0.15, 0.2) is 18.2 Å². The van der Waals surface area contributed by atoms with Gasteiger partial charge in [0.25, 0.3) is 0 Å². The molecule has 0 unspecified atom stereocenters. The average Bonchev–Trinajstić information content (AvgIpc) is 2.71. The molecule has 0 radical (unpaired) electrons. The Balaban J connectivity index is -0.00000000474. The van der Waals surface area contributed by atoms with Crippen molar-refractivity contribution in [3.05, 3.63) is 61.4 Å². The van der Waals surface area contributed by atoms with Crippen molar-refractivity contribution in [2.24, 2.45) is 0 Å². The van der Waals surface area contributed by atoms with E-state index in [1.54, 1.807) is 0 Å². The third-order valence-corrected chi connectivity index (χ3v) is 0.586. The van der Waals surface area contributed by atoms with E-state index in [0.29, 0.717) is 0 Å². The second kappa shape index (κ2) is 182. The summed E-state index contributed by atoms with van der Waals surface area (Å²) in [6, 6.07) is 0. The summed E-state index contributed by atoms with van der Waals surface area (Å²) in [6.45, 7) is 0. The fourth-order valence-corrected chi connectivity index (χ4v) is 0.340.